The molecule has 1 aliphatic rings. The summed E-state index contributed by atoms with van der Waals surface area (Å²) >= 11 is 6.01. The molecule has 1 amide bonds. The standard InChI is InChI=1S/C18H18ClN5O3/c1-11-9-15(22-26-11)20-17(25)12-5-7-24(8-6-12)18-21-16(23-27-18)13-3-2-4-14(19)10-13/h2-4,9-10,12H,5-8H2,1H3,(H,20,22,25). The van der Waals surface area contributed by atoms with Crippen LogP contribution in [0.15, 0.2) is 39.4 Å². The van der Waals surface area contributed by atoms with Crippen LogP contribution in [0.2, 0.25) is 5.02 Å². The van der Waals surface area contributed by atoms with Gasteiger partial charge in [0, 0.05) is 35.7 Å². The number of hydrogen-bond donors (Lipinski definition) is 1. The summed E-state index contributed by atoms with van der Waals surface area (Å²) in [5.74, 6) is 1.46. The quantitative estimate of drug-likeness (QED) is 0.731. The van der Waals surface area contributed by atoms with E-state index in [1.165, 1.54) is 0 Å². The van der Waals surface area contributed by atoms with Gasteiger partial charge in [0.15, 0.2) is 5.82 Å². The van der Waals surface area contributed by atoms with Crippen molar-refractivity contribution in [3.63, 3.8) is 0 Å². The summed E-state index contributed by atoms with van der Waals surface area (Å²) in [6.45, 7) is 3.10. The molecule has 0 bridgehead atoms. The molecule has 2 aromatic heterocycles. The van der Waals surface area contributed by atoms with E-state index in [1.807, 2.05) is 17.0 Å². The van der Waals surface area contributed by atoms with Crippen LogP contribution >= 0.6 is 11.6 Å². The van der Waals surface area contributed by atoms with Crippen molar-refractivity contribution in [3.8, 4) is 11.4 Å². The van der Waals surface area contributed by atoms with Crippen molar-refractivity contribution in [2.75, 3.05) is 23.3 Å². The number of aromatic nitrogens is 3. The molecular weight excluding hydrogens is 370 g/mol. The molecule has 0 atom stereocenters. The number of aryl methyl sites for hydroxylation is 1. The lowest BCUT2D eigenvalue weighted by molar-refractivity contribution is -0.120. The first-order valence-electron chi connectivity index (χ1n) is 8.67. The zero-order valence-corrected chi connectivity index (χ0v) is 15.4. The Kier molecular flexibility index (Phi) is 4.81. The maximum Gasteiger partial charge on any atom is 0.324 e. The lowest BCUT2D eigenvalue weighted by atomic mass is 9.96. The summed E-state index contributed by atoms with van der Waals surface area (Å²) in [6, 6.07) is 9.45. The van der Waals surface area contributed by atoms with Gasteiger partial charge in [-0.25, -0.2) is 0 Å². The van der Waals surface area contributed by atoms with Gasteiger partial charge >= 0.3 is 6.01 Å². The highest BCUT2D eigenvalue weighted by atomic mass is 35.5. The molecule has 9 heteroatoms. The predicted molar refractivity (Wildman–Crippen MR) is 99.6 cm³/mol. The van der Waals surface area contributed by atoms with Crippen LogP contribution in [0, 0.1) is 12.8 Å². The molecule has 27 heavy (non-hydrogen) atoms. The average molecular weight is 388 g/mol. The van der Waals surface area contributed by atoms with Gasteiger partial charge in [-0.15, -0.1) is 0 Å². The van der Waals surface area contributed by atoms with Gasteiger partial charge in [-0.05, 0) is 31.9 Å². The third-order valence-corrected chi connectivity index (χ3v) is 4.75. The largest absolute Gasteiger partial charge is 0.360 e. The van der Waals surface area contributed by atoms with Crippen molar-refractivity contribution < 1.29 is 13.8 Å². The first-order valence-corrected chi connectivity index (χ1v) is 9.05. The summed E-state index contributed by atoms with van der Waals surface area (Å²) in [7, 11) is 0. The fourth-order valence-electron chi connectivity index (χ4n) is 3.08. The van der Waals surface area contributed by atoms with Crippen molar-refractivity contribution in [2.45, 2.75) is 19.8 Å². The number of anilines is 2. The number of nitrogens with zero attached hydrogens (tertiary/aromatic N) is 4. The lowest BCUT2D eigenvalue weighted by Gasteiger charge is -2.29. The van der Waals surface area contributed by atoms with E-state index in [-0.39, 0.29) is 11.8 Å². The van der Waals surface area contributed by atoms with E-state index in [1.54, 1.807) is 25.1 Å². The van der Waals surface area contributed by atoms with Crippen molar-refractivity contribution in [1.29, 1.82) is 0 Å². The molecule has 0 unspecified atom stereocenters. The first kappa shape index (κ1) is 17.5. The highest BCUT2D eigenvalue weighted by Gasteiger charge is 2.28. The molecular formula is C18H18ClN5O3. The van der Waals surface area contributed by atoms with E-state index in [9.17, 15) is 4.79 Å². The molecule has 3 aromatic rings. The minimum atomic E-state index is -0.0893. The van der Waals surface area contributed by atoms with Crippen molar-refractivity contribution >= 4 is 29.3 Å². The SMILES string of the molecule is Cc1cc(NC(=O)C2CCN(c3nc(-c4cccc(Cl)c4)no3)CC2)no1. The minimum Gasteiger partial charge on any atom is -0.360 e. The third-order valence-electron chi connectivity index (χ3n) is 4.51. The fraction of sp³-hybridized carbons (Fsp3) is 0.333. The number of carbonyl (C=O) groups is 1. The molecule has 0 radical (unpaired) electrons. The summed E-state index contributed by atoms with van der Waals surface area (Å²) in [6.07, 6.45) is 1.38. The molecule has 1 fully saturated rings. The van der Waals surface area contributed by atoms with Gasteiger partial charge in [0.25, 0.3) is 0 Å². The lowest BCUT2D eigenvalue weighted by Crippen LogP contribution is -2.38. The summed E-state index contributed by atoms with van der Waals surface area (Å²) in [4.78, 5) is 18.8. The number of nitrogens with one attached hydrogen (secondary N) is 1. The number of amides is 1. The second kappa shape index (κ2) is 7.40. The van der Waals surface area contributed by atoms with Crippen molar-refractivity contribution in [1.82, 2.24) is 15.3 Å². The maximum atomic E-state index is 12.4. The second-order valence-corrected chi connectivity index (χ2v) is 6.92. The van der Waals surface area contributed by atoms with Gasteiger partial charge in [0.2, 0.25) is 11.7 Å². The number of halogens is 1. The average Bonchev–Trinajstić information content (AvgIpc) is 3.31. The molecule has 0 spiro atoms. The monoisotopic (exact) mass is 387 g/mol. The van der Waals surface area contributed by atoms with Crippen LogP contribution in [0.5, 0.6) is 0 Å². The number of piperidine rings is 1. The van der Waals surface area contributed by atoms with Gasteiger partial charge in [-0.1, -0.05) is 34.0 Å². The molecule has 1 aliphatic heterocycles. The Morgan fingerprint density at radius 3 is 2.74 bits per heavy atom. The molecule has 140 valence electrons. The summed E-state index contributed by atoms with van der Waals surface area (Å²) in [5, 5.41) is 11.2. The number of benzene rings is 1. The van der Waals surface area contributed by atoms with Gasteiger partial charge in [-0.3, -0.25) is 4.79 Å². The zero-order chi connectivity index (χ0) is 18.8. The van der Waals surface area contributed by atoms with Crippen LogP contribution in [-0.4, -0.2) is 34.3 Å². The van der Waals surface area contributed by atoms with E-state index in [2.05, 4.69) is 20.6 Å². The molecule has 1 saturated heterocycles. The van der Waals surface area contributed by atoms with E-state index in [4.69, 9.17) is 20.6 Å². The van der Waals surface area contributed by atoms with Crippen LogP contribution in [0.1, 0.15) is 18.6 Å². The molecule has 1 N–H and O–H groups in total. The third kappa shape index (κ3) is 3.95. The van der Waals surface area contributed by atoms with Crippen molar-refractivity contribution in [2.24, 2.45) is 5.92 Å². The Bertz CT molecular complexity index is 946. The van der Waals surface area contributed by atoms with Crippen LogP contribution < -0.4 is 10.2 Å². The number of carbonyl (C=O) groups excluding carboxylic acids is 1. The molecule has 4 rings (SSSR count). The molecule has 0 aliphatic carbocycles. The molecule has 1 aromatic carbocycles. The van der Waals surface area contributed by atoms with Gasteiger partial charge in [-0.2, -0.15) is 4.98 Å². The summed E-state index contributed by atoms with van der Waals surface area (Å²) < 4.78 is 10.4. The van der Waals surface area contributed by atoms with E-state index >= 15 is 0 Å². The molecule has 8 nitrogen and oxygen atoms in total. The van der Waals surface area contributed by atoms with E-state index < -0.39 is 0 Å². The van der Waals surface area contributed by atoms with Crippen molar-refractivity contribution in [3.05, 3.63) is 41.1 Å². The first-order chi connectivity index (χ1) is 13.1. The van der Waals surface area contributed by atoms with Crippen LogP contribution in [0.3, 0.4) is 0 Å². The van der Waals surface area contributed by atoms with E-state index in [0.29, 0.717) is 54.4 Å². The Morgan fingerprint density at radius 2 is 2.04 bits per heavy atom. The Labute approximate surface area is 160 Å². The Balaban J connectivity index is 1.36. The van der Waals surface area contributed by atoms with Crippen LogP contribution in [-0.2, 0) is 4.79 Å². The molecule has 0 saturated carbocycles. The minimum absolute atomic E-state index is 0.0481. The van der Waals surface area contributed by atoms with Crippen LogP contribution in [0.4, 0.5) is 11.8 Å². The van der Waals surface area contributed by atoms with E-state index in [0.717, 1.165) is 5.56 Å². The van der Waals surface area contributed by atoms with Gasteiger partial charge < -0.3 is 19.3 Å². The highest BCUT2D eigenvalue weighted by molar-refractivity contribution is 6.30. The Hall–Kier alpha value is -2.87. The normalized spacial score (nSPS) is 15.1. The second-order valence-electron chi connectivity index (χ2n) is 6.48. The zero-order valence-electron chi connectivity index (χ0n) is 14.7. The highest BCUT2D eigenvalue weighted by Crippen LogP contribution is 2.26. The summed E-state index contributed by atoms with van der Waals surface area (Å²) in [5.41, 5.74) is 0.801. The topological polar surface area (TPSA) is 97.3 Å². The van der Waals surface area contributed by atoms with Gasteiger partial charge in [0.1, 0.15) is 5.76 Å². The number of rotatable bonds is 4. The maximum absolute atomic E-state index is 12.4. The smallest absolute Gasteiger partial charge is 0.324 e. The van der Waals surface area contributed by atoms with Crippen LogP contribution in [0.25, 0.3) is 11.4 Å². The Morgan fingerprint density at radius 1 is 1.22 bits per heavy atom. The molecule has 3 heterocycles. The fourth-order valence-corrected chi connectivity index (χ4v) is 3.27. The number of hydrogen-bond acceptors (Lipinski definition) is 7. The predicted octanol–water partition coefficient (Wildman–Crippen LogP) is 3.54. The van der Waals surface area contributed by atoms with Gasteiger partial charge in [0.05, 0.1) is 0 Å².